The summed E-state index contributed by atoms with van der Waals surface area (Å²) in [4.78, 5) is 12.7. The number of aliphatic hydroxyl groups excluding tert-OH is 1. The average Bonchev–Trinajstić information content (AvgIpc) is 3.06. The third-order valence-corrected chi connectivity index (χ3v) is 5.42. The molecule has 1 fully saturated rings. The van der Waals surface area contributed by atoms with Crippen LogP contribution in [0.4, 0.5) is 0 Å². The molecule has 0 heterocycles. The molecule has 96 valence electrons. The smallest absolute Gasteiger partial charge is 0.169 e. The molecule has 3 aliphatic rings. The quantitative estimate of drug-likeness (QED) is 0.770. The Morgan fingerprint density at radius 1 is 1.28 bits per heavy atom. The summed E-state index contributed by atoms with van der Waals surface area (Å²) in [5.41, 5.74) is 4.97. The number of carbonyl (C=O) groups excluding carboxylic acids is 1. The molecule has 1 spiro atoms. The molecule has 0 aliphatic heterocycles. The molecular weight excluding hydrogens is 224 g/mol. The van der Waals surface area contributed by atoms with Crippen LogP contribution in [0.15, 0.2) is 33.9 Å². The highest BCUT2D eigenvalue weighted by atomic mass is 16.3. The van der Waals surface area contributed by atoms with Crippen molar-refractivity contribution in [2.75, 3.05) is 6.61 Å². The summed E-state index contributed by atoms with van der Waals surface area (Å²) in [5.74, 6) is 0.253. The first-order valence-corrected chi connectivity index (χ1v) is 6.66. The number of ketones is 1. The van der Waals surface area contributed by atoms with Gasteiger partial charge in [0.25, 0.3) is 0 Å². The van der Waals surface area contributed by atoms with Gasteiger partial charge in [0, 0.05) is 16.4 Å². The first kappa shape index (κ1) is 11.9. The van der Waals surface area contributed by atoms with E-state index in [-0.39, 0.29) is 23.2 Å². The van der Waals surface area contributed by atoms with E-state index < -0.39 is 0 Å². The largest absolute Gasteiger partial charge is 0.392 e. The van der Waals surface area contributed by atoms with E-state index in [1.807, 2.05) is 13.0 Å². The van der Waals surface area contributed by atoms with Gasteiger partial charge < -0.3 is 5.11 Å². The van der Waals surface area contributed by atoms with Crippen LogP contribution in [0.5, 0.6) is 0 Å². The van der Waals surface area contributed by atoms with Gasteiger partial charge in [-0.2, -0.15) is 0 Å². The highest BCUT2D eigenvalue weighted by molar-refractivity contribution is 6.09. The normalized spacial score (nSPS) is 27.8. The van der Waals surface area contributed by atoms with Crippen molar-refractivity contribution in [1.29, 1.82) is 0 Å². The second-order valence-corrected chi connectivity index (χ2v) is 6.41. The molecule has 1 saturated carbocycles. The van der Waals surface area contributed by atoms with Gasteiger partial charge in [-0.3, -0.25) is 4.79 Å². The number of allylic oxidation sites excluding steroid dienone is 4. The molecule has 1 N–H and O–H groups in total. The van der Waals surface area contributed by atoms with E-state index in [0.717, 1.165) is 35.1 Å². The van der Waals surface area contributed by atoms with Crippen molar-refractivity contribution < 1.29 is 9.90 Å². The molecule has 0 atom stereocenters. The molecule has 0 aromatic heterocycles. The van der Waals surface area contributed by atoms with Crippen molar-refractivity contribution in [2.24, 2.45) is 10.8 Å². The number of carbonyl (C=O) groups is 1. The Morgan fingerprint density at radius 3 is 2.39 bits per heavy atom. The van der Waals surface area contributed by atoms with Crippen molar-refractivity contribution in [3.05, 3.63) is 33.9 Å². The molecule has 2 nitrogen and oxygen atoms in total. The predicted molar refractivity (Wildman–Crippen MR) is 71.0 cm³/mol. The molecule has 3 aliphatic carbocycles. The molecule has 0 unspecified atom stereocenters. The Bertz CT molecular complexity index is 552. The maximum Gasteiger partial charge on any atom is 0.169 e. The van der Waals surface area contributed by atoms with Gasteiger partial charge in [0.15, 0.2) is 5.78 Å². The van der Waals surface area contributed by atoms with Crippen LogP contribution in [0.25, 0.3) is 0 Å². The van der Waals surface area contributed by atoms with E-state index in [9.17, 15) is 9.90 Å². The molecule has 0 aromatic carbocycles. The van der Waals surface area contributed by atoms with Crippen LogP contribution >= 0.6 is 0 Å². The fourth-order valence-corrected chi connectivity index (χ4v) is 3.93. The van der Waals surface area contributed by atoms with Gasteiger partial charge in [0.1, 0.15) is 0 Å². The standard InChI is InChI=1S/C16H20O2/c1-9-7-11-13(12(9)8-17)10(2)16(5-6-16)15(3,4)14(11)18/h7,17H,5-6,8H2,1-4H3. The van der Waals surface area contributed by atoms with E-state index in [4.69, 9.17) is 0 Å². The maximum absolute atomic E-state index is 12.7. The Labute approximate surface area is 108 Å². The first-order valence-electron chi connectivity index (χ1n) is 6.66. The number of hydrogen-bond donors (Lipinski definition) is 1. The number of fused-ring (bicyclic) bond motifs is 1. The zero-order valence-electron chi connectivity index (χ0n) is 11.6. The molecule has 0 bridgehead atoms. The maximum atomic E-state index is 12.7. The van der Waals surface area contributed by atoms with Gasteiger partial charge in [0.2, 0.25) is 0 Å². The van der Waals surface area contributed by atoms with E-state index in [0.29, 0.717) is 0 Å². The van der Waals surface area contributed by atoms with Gasteiger partial charge in [-0.05, 0) is 49.5 Å². The summed E-state index contributed by atoms with van der Waals surface area (Å²) in [5, 5.41) is 9.56. The van der Waals surface area contributed by atoms with E-state index >= 15 is 0 Å². The van der Waals surface area contributed by atoms with Gasteiger partial charge in [-0.15, -0.1) is 0 Å². The highest BCUT2D eigenvalue weighted by Crippen LogP contribution is 2.68. The van der Waals surface area contributed by atoms with Crippen LogP contribution in [0.1, 0.15) is 40.5 Å². The fraction of sp³-hybridized carbons (Fsp3) is 0.562. The van der Waals surface area contributed by atoms with Crippen molar-refractivity contribution in [1.82, 2.24) is 0 Å². The molecule has 0 saturated heterocycles. The summed E-state index contributed by atoms with van der Waals surface area (Å²) >= 11 is 0. The Hall–Kier alpha value is -1.15. The number of hydrogen-bond acceptors (Lipinski definition) is 2. The van der Waals surface area contributed by atoms with E-state index in [1.165, 1.54) is 5.57 Å². The van der Waals surface area contributed by atoms with Crippen LogP contribution in [0.2, 0.25) is 0 Å². The van der Waals surface area contributed by atoms with Crippen LogP contribution in [-0.2, 0) is 4.79 Å². The van der Waals surface area contributed by atoms with Crippen LogP contribution in [0.3, 0.4) is 0 Å². The lowest BCUT2D eigenvalue weighted by Crippen LogP contribution is -2.40. The van der Waals surface area contributed by atoms with Crippen molar-refractivity contribution in [3.8, 4) is 0 Å². The van der Waals surface area contributed by atoms with Crippen molar-refractivity contribution in [2.45, 2.75) is 40.5 Å². The topological polar surface area (TPSA) is 37.3 Å². The highest BCUT2D eigenvalue weighted by Gasteiger charge is 2.62. The van der Waals surface area contributed by atoms with Crippen LogP contribution in [0, 0.1) is 10.8 Å². The first-order chi connectivity index (χ1) is 8.37. The zero-order valence-corrected chi connectivity index (χ0v) is 11.6. The lowest BCUT2D eigenvalue weighted by Gasteiger charge is -2.40. The van der Waals surface area contributed by atoms with E-state index in [1.54, 1.807) is 0 Å². The Morgan fingerprint density at radius 2 is 1.89 bits per heavy atom. The minimum atomic E-state index is -0.294. The zero-order chi connectivity index (χ0) is 13.3. The van der Waals surface area contributed by atoms with Gasteiger partial charge in [-0.1, -0.05) is 19.4 Å². The van der Waals surface area contributed by atoms with Crippen molar-refractivity contribution >= 4 is 5.78 Å². The lowest BCUT2D eigenvalue weighted by atomic mass is 9.61. The minimum absolute atomic E-state index is 0.0301. The van der Waals surface area contributed by atoms with E-state index in [2.05, 4.69) is 20.8 Å². The van der Waals surface area contributed by atoms with Gasteiger partial charge >= 0.3 is 0 Å². The summed E-state index contributed by atoms with van der Waals surface area (Å²) in [6, 6.07) is 0. The second kappa shape index (κ2) is 3.24. The molecule has 3 rings (SSSR count). The summed E-state index contributed by atoms with van der Waals surface area (Å²) in [7, 11) is 0. The monoisotopic (exact) mass is 244 g/mol. The minimum Gasteiger partial charge on any atom is -0.392 e. The molecule has 2 heteroatoms. The SMILES string of the molecule is CC1=C(CO)C2=C(C)C3(CC3)C(C)(C)C(=O)C2=C1. The Balaban J connectivity index is 2.28. The fourth-order valence-electron chi connectivity index (χ4n) is 3.93. The van der Waals surface area contributed by atoms with Crippen LogP contribution < -0.4 is 0 Å². The predicted octanol–water partition coefficient (Wildman–Crippen LogP) is 2.94. The van der Waals surface area contributed by atoms with Gasteiger partial charge in [0.05, 0.1) is 6.61 Å². The summed E-state index contributed by atoms with van der Waals surface area (Å²) in [6.45, 7) is 8.32. The van der Waals surface area contributed by atoms with Gasteiger partial charge in [-0.25, -0.2) is 0 Å². The molecule has 0 radical (unpaired) electrons. The lowest BCUT2D eigenvalue weighted by molar-refractivity contribution is -0.126. The number of rotatable bonds is 1. The molecule has 18 heavy (non-hydrogen) atoms. The summed E-state index contributed by atoms with van der Waals surface area (Å²) in [6.07, 6.45) is 4.17. The second-order valence-electron chi connectivity index (χ2n) is 6.41. The number of Topliss-reactive ketones (excluding diaryl/α,β-unsaturated/α-hetero) is 1. The van der Waals surface area contributed by atoms with Crippen LogP contribution in [-0.4, -0.2) is 17.5 Å². The summed E-state index contributed by atoms with van der Waals surface area (Å²) < 4.78 is 0. The molecule has 0 aromatic rings. The Kier molecular flexibility index (Phi) is 2.14. The van der Waals surface area contributed by atoms with Crippen molar-refractivity contribution in [3.63, 3.8) is 0 Å². The molecule has 0 amide bonds. The number of aliphatic hydroxyl groups is 1. The third-order valence-electron chi connectivity index (χ3n) is 5.42. The average molecular weight is 244 g/mol. The molecular formula is C16H20O2. The third kappa shape index (κ3) is 1.10.